The molecular formula is C14H18ClNO. The molecule has 1 saturated carbocycles. The summed E-state index contributed by atoms with van der Waals surface area (Å²) in [6.07, 6.45) is 4.82. The van der Waals surface area contributed by atoms with E-state index in [0.717, 1.165) is 18.2 Å². The van der Waals surface area contributed by atoms with E-state index < -0.39 is 0 Å². The maximum Gasteiger partial charge on any atom is 0.0619 e. The molecule has 2 fully saturated rings. The van der Waals surface area contributed by atoms with Gasteiger partial charge in [0.25, 0.3) is 0 Å². The Morgan fingerprint density at radius 1 is 1.35 bits per heavy atom. The number of ether oxygens (including phenoxy) is 1. The lowest BCUT2D eigenvalue weighted by atomic mass is 10.0. The first-order chi connectivity index (χ1) is 8.28. The molecule has 3 heteroatoms. The lowest BCUT2D eigenvalue weighted by Gasteiger charge is -2.29. The molecule has 1 saturated heterocycles. The van der Waals surface area contributed by atoms with Crippen molar-refractivity contribution < 1.29 is 4.74 Å². The van der Waals surface area contributed by atoms with Crippen molar-refractivity contribution in [1.82, 2.24) is 5.32 Å². The molecule has 1 aliphatic carbocycles. The molecular weight excluding hydrogens is 234 g/mol. The standard InChI is InChI=1S/C14H18ClNO/c15-12-4-1-3-11(9-12)14(6-7-14)16-13-5-2-8-17-10-13/h1,3-4,9,13,16H,2,5-8,10H2. The van der Waals surface area contributed by atoms with Crippen LogP contribution in [0.3, 0.4) is 0 Å². The van der Waals surface area contributed by atoms with Crippen LogP contribution in [-0.2, 0) is 10.3 Å². The first-order valence-corrected chi connectivity index (χ1v) is 6.78. The fourth-order valence-electron chi connectivity index (χ4n) is 2.67. The molecule has 2 nitrogen and oxygen atoms in total. The predicted molar refractivity (Wildman–Crippen MR) is 69.3 cm³/mol. The van der Waals surface area contributed by atoms with Gasteiger partial charge in [-0.1, -0.05) is 23.7 Å². The van der Waals surface area contributed by atoms with Crippen LogP contribution >= 0.6 is 11.6 Å². The molecule has 1 unspecified atom stereocenters. The molecule has 1 aromatic rings. The van der Waals surface area contributed by atoms with Crippen LogP contribution in [0.25, 0.3) is 0 Å². The summed E-state index contributed by atoms with van der Waals surface area (Å²) in [7, 11) is 0. The number of rotatable bonds is 3. The van der Waals surface area contributed by atoms with Crippen LogP contribution in [0.2, 0.25) is 5.02 Å². The fraction of sp³-hybridized carbons (Fsp3) is 0.571. The van der Waals surface area contributed by atoms with Crippen LogP contribution in [0.4, 0.5) is 0 Å². The second-order valence-corrected chi connectivity index (χ2v) is 5.59. The van der Waals surface area contributed by atoms with Gasteiger partial charge in [-0.15, -0.1) is 0 Å². The van der Waals surface area contributed by atoms with Gasteiger partial charge in [-0.25, -0.2) is 0 Å². The van der Waals surface area contributed by atoms with Crippen molar-refractivity contribution in [3.8, 4) is 0 Å². The SMILES string of the molecule is Clc1cccc(C2(NC3CCCOC3)CC2)c1. The Hall–Kier alpha value is -0.570. The first kappa shape index (κ1) is 11.5. The summed E-state index contributed by atoms with van der Waals surface area (Å²) in [5.74, 6) is 0. The Morgan fingerprint density at radius 3 is 2.88 bits per heavy atom. The van der Waals surface area contributed by atoms with Gasteiger partial charge in [-0.2, -0.15) is 0 Å². The summed E-state index contributed by atoms with van der Waals surface area (Å²) >= 11 is 6.07. The largest absolute Gasteiger partial charge is 0.380 e. The van der Waals surface area contributed by atoms with E-state index in [0.29, 0.717) is 6.04 Å². The van der Waals surface area contributed by atoms with Crippen molar-refractivity contribution >= 4 is 11.6 Å². The summed E-state index contributed by atoms with van der Waals surface area (Å²) in [6.45, 7) is 1.77. The molecule has 0 radical (unpaired) electrons. The molecule has 1 atom stereocenters. The maximum absolute atomic E-state index is 6.07. The third-order valence-electron chi connectivity index (χ3n) is 3.77. The molecule has 0 bridgehead atoms. The van der Waals surface area contributed by atoms with Crippen molar-refractivity contribution in [3.05, 3.63) is 34.9 Å². The van der Waals surface area contributed by atoms with Gasteiger partial charge >= 0.3 is 0 Å². The van der Waals surface area contributed by atoms with Crippen molar-refractivity contribution in [2.24, 2.45) is 0 Å². The molecule has 1 aromatic carbocycles. The fourth-order valence-corrected chi connectivity index (χ4v) is 2.86. The average Bonchev–Trinajstić information content (AvgIpc) is 3.11. The second kappa shape index (κ2) is 4.60. The minimum atomic E-state index is 0.177. The van der Waals surface area contributed by atoms with Crippen LogP contribution in [0.15, 0.2) is 24.3 Å². The highest BCUT2D eigenvalue weighted by molar-refractivity contribution is 6.30. The number of nitrogens with one attached hydrogen (secondary N) is 1. The Morgan fingerprint density at radius 2 is 2.24 bits per heavy atom. The Kier molecular flexibility index (Phi) is 3.12. The molecule has 92 valence electrons. The van der Waals surface area contributed by atoms with Gasteiger partial charge in [0, 0.05) is 23.2 Å². The molecule has 2 aliphatic rings. The van der Waals surface area contributed by atoms with Gasteiger partial charge in [0.2, 0.25) is 0 Å². The maximum atomic E-state index is 6.07. The third-order valence-corrected chi connectivity index (χ3v) is 4.00. The van der Waals surface area contributed by atoms with E-state index >= 15 is 0 Å². The zero-order valence-electron chi connectivity index (χ0n) is 9.92. The molecule has 1 aliphatic heterocycles. The summed E-state index contributed by atoms with van der Waals surface area (Å²) in [6, 6.07) is 8.74. The number of benzene rings is 1. The van der Waals surface area contributed by atoms with Crippen molar-refractivity contribution in [3.63, 3.8) is 0 Å². The van der Waals surface area contributed by atoms with Crippen LogP contribution in [0.5, 0.6) is 0 Å². The summed E-state index contributed by atoms with van der Waals surface area (Å²) in [5.41, 5.74) is 1.51. The highest BCUT2D eigenvalue weighted by atomic mass is 35.5. The molecule has 17 heavy (non-hydrogen) atoms. The van der Waals surface area contributed by atoms with Crippen LogP contribution in [-0.4, -0.2) is 19.3 Å². The van der Waals surface area contributed by atoms with E-state index in [-0.39, 0.29) is 5.54 Å². The summed E-state index contributed by atoms with van der Waals surface area (Å²) in [5, 5.41) is 4.60. The summed E-state index contributed by atoms with van der Waals surface area (Å²) in [4.78, 5) is 0. The lowest BCUT2D eigenvalue weighted by Crippen LogP contribution is -2.43. The third kappa shape index (κ3) is 2.49. The molecule has 1 N–H and O–H groups in total. The number of hydrogen-bond donors (Lipinski definition) is 1. The van der Waals surface area contributed by atoms with Gasteiger partial charge in [0.1, 0.15) is 0 Å². The Balaban J connectivity index is 1.73. The van der Waals surface area contributed by atoms with E-state index in [1.54, 1.807) is 0 Å². The molecule has 3 rings (SSSR count). The van der Waals surface area contributed by atoms with E-state index in [1.807, 2.05) is 12.1 Å². The first-order valence-electron chi connectivity index (χ1n) is 6.40. The van der Waals surface area contributed by atoms with Crippen molar-refractivity contribution in [2.75, 3.05) is 13.2 Å². The minimum absolute atomic E-state index is 0.177. The van der Waals surface area contributed by atoms with Crippen molar-refractivity contribution in [2.45, 2.75) is 37.3 Å². The number of halogens is 1. The van der Waals surface area contributed by atoms with E-state index in [4.69, 9.17) is 16.3 Å². The average molecular weight is 252 g/mol. The van der Waals surface area contributed by atoms with Gasteiger partial charge in [0.05, 0.1) is 6.61 Å². The van der Waals surface area contributed by atoms with E-state index in [2.05, 4.69) is 17.4 Å². The quantitative estimate of drug-likeness (QED) is 0.892. The van der Waals surface area contributed by atoms with E-state index in [1.165, 1.54) is 31.2 Å². The topological polar surface area (TPSA) is 21.3 Å². The predicted octanol–water partition coefficient (Wildman–Crippen LogP) is 3.10. The number of hydrogen-bond acceptors (Lipinski definition) is 2. The normalized spacial score (nSPS) is 26.8. The smallest absolute Gasteiger partial charge is 0.0619 e. The molecule has 0 amide bonds. The Labute approximate surface area is 107 Å². The zero-order valence-corrected chi connectivity index (χ0v) is 10.7. The van der Waals surface area contributed by atoms with Crippen LogP contribution in [0, 0.1) is 0 Å². The second-order valence-electron chi connectivity index (χ2n) is 5.15. The van der Waals surface area contributed by atoms with E-state index in [9.17, 15) is 0 Å². The molecule has 1 heterocycles. The zero-order chi connectivity index (χ0) is 11.7. The molecule has 0 aromatic heterocycles. The van der Waals surface area contributed by atoms with Crippen LogP contribution in [0.1, 0.15) is 31.2 Å². The lowest BCUT2D eigenvalue weighted by molar-refractivity contribution is 0.0647. The monoisotopic (exact) mass is 251 g/mol. The van der Waals surface area contributed by atoms with Gasteiger partial charge in [-0.3, -0.25) is 0 Å². The van der Waals surface area contributed by atoms with Crippen LogP contribution < -0.4 is 5.32 Å². The summed E-state index contributed by atoms with van der Waals surface area (Å²) < 4.78 is 5.53. The highest BCUT2D eigenvalue weighted by Gasteiger charge is 2.45. The van der Waals surface area contributed by atoms with Gasteiger partial charge < -0.3 is 10.1 Å². The van der Waals surface area contributed by atoms with Gasteiger partial charge in [-0.05, 0) is 43.4 Å². The van der Waals surface area contributed by atoms with Crippen molar-refractivity contribution in [1.29, 1.82) is 0 Å². The Bertz CT molecular complexity index is 397. The van der Waals surface area contributed by atoms with Gasteiger partial charge in [0.15, 0.2) is 0 Å². The minimum Gasteiger partial charge on any atom is -0.380 e. The highest BCUT2D eigenvalue weighted by Crippen LogP contribution is 2.46. The molecule has 0 spiro atoms.